The second kappa shape index (κ2) is 10.7. The molecule has 2 heterocycles. The minimum Gasteiger partial charge on any atom is -0.481 e. The second-order valence-electron chi connectivity index (χ2n) is 19.5. The molecule has 7 aliphatic rings. The normalized spacial score (nSPS) is 47.4. The van der Waals surface area contributed by atoms with Crippen LogP contribution in [0.5, 0.6) is 0 Å². The average Bonchev–Trinajstić information content (AvgIpc) is 3.71. The van der Waals surface area contributed by atoms with Crippen molar-refractivity contribution >= 4 is 17.8 Å². The zero-order chi connectivity index (χ0) is 33.1. The van der Waals surface area contributed by atoms with Gasteiger partial charge in [0.1, 0.15) is 6.10 Å². The maximum absolute atomic E-state index is 13.9. The highest BCUT2D eigenvalue weighted by atomic mass is 16.5. The van der Waals surface area contributed by atoms with Gasteiger partial charge in [0.25, 0.3) is 0 Å². The highest BCUT2D eigenvalue weighted by Crippen LogP contribution is 2.77. The Labute approximate surface area is 277 Å². The van der Waals surface area contributed by atoms with Crippen molar-refractivity contribution in [3.05, 3.63) is 0 Å². The Bertz CT molecular complexity index is 1280. The quantitative estimate of drug-likeness (QED) is 0.299. The SMILES string of the molecule is CC(C)(CC(=O)O[C@H]1CC[C@@]2(C)C(CC[C@]3(C)C2CC[C@@H]2[C@H]4CCC[C@]4(CC(=O)N4CC5CC4CN5)CC[C@]23C)C1(C)C)C(=O)O. The van der Waals surface area contributed by atoms with Crippen molar-refractivity contribution < 1.29 is 24.2 Å². The van der Waals surface area contributed by atoms with Crippen LogP contribution >= 0.6 is 0 Å². The number of hydrogen-bond donors (Lipinski definition) is 2. The number of carboxylic acids is 1. The van der Waals surface area contributed by atoms with E-state index in [1.54, 1.807) is 13.8 Å². The van der Waals surface area contributed by atoms with Crippen LogP contribution in [0.3, 0.4) is 0 Å². The maximum Gasteiger partial charge on any atom is 0.309 e. The molecule has 46 heavy (non-hydrogen) atoms. The van der Waals surface area contributed by atoms with Crippen LogP contribution in [-0.4, -0.2) is 59.1 Å². The fourth-order valence-electron chi connectivity index (χ4n) is 14.1. The summed E-state index contributed by atoms with van der Waals surface area (Å²) in [5, 5.41) is 13.1. The molecular weight excluding hydrogens is 576 g/mol. The number of nitrogens with one attached hydrogen (secondary N) is 1. The Balaban J connectivity index is 1.09. The topological polar surface area (TPSA) is 95.9 Å². The van der Waals surface area contributed by atoms with E-state index in [2.05, 4.69) is 44.8 Å². The molecule has 0 aromatic heterocycles. The number of ether oxygens (including phenoxy) is 1. The van der Waals surface area contributed by atoms with Gasteiger partial charge in [-0.25, -0.2) is 0 Å². The first-order chi connectivity index (χ1) is 21.5. The lowest BCUT2D eigenvalue weighted by atomic mass is 9.32. The molecule has 1 amide bonds. The molecule has 0 aromatic rings. The molecule has 0 aromatic carbocycles. The molecule has 2 saturated heterocycles. The van der Waals surface area contributed by atoms with Gasteiger partial charge in [0.15, 0.2) is 0 Å². The molecule has 5 aliphatic carbocycles. The van der Waals surface area contributed by atoms with E-state index in [9.17, 15) is 19.5 Å². The van der Waals surface area contributed by atoms with Crippen molar-refractivity contribution in [1.82, 2.24) is 10.2 Å². The molecule has 7 rings (SSSR count). The number of likely N-dealkylation sites (tertiary alicyclic amines) is 1. The standard InChI is InChI=1S/C39H62N2O5/c1-34(2,33(44)45)21-32(43)46-30-13-15-36(5)28(35(30,3)4)12-16-38(7)29(36)11-10-26-27-9-8-14-39(27,18-17-37(26,38)6)20-31(42)41-23-24-19-25(41)22-40-24/h24-30,40H,8-23H2,1-7H3,(H,44,45)/t24?,25?,26-,27-,28?,29?,30+,36+,37-,38-,39-/m1/s1. The summed E-state index contributed by atoms with van der Waals surface area (Å²) in [6, 6.07) is 0.940. The summed E-state index contributed by atoms with van der Waals surface area (Å²) in [5.74, 6) is 1.60. The van der Waals surface area contributed by atoms with E-state index in [4.69, 9.17) is 4.74 Å². The first-order valence-electron chi connectivity index (χ1n) is 18.9. The zero-order valence-electron chi connectivity index (χ0n) is 29.9. The van der Waals surface area contributed by atoms with Crippen LogP contribution in [0.1, 0.15) is 138 Å². The van der Waals surface area contributed by atoms with E-state index in [0.717, 1.165) is 45.2 Å². The van der Waals surface area contributed by atoms with Crippen molar-refractivity contribution in [2.24, 2.45) is 56.2 Å². The van der Waals surface area contributed by atoms with E-state index in [1.165, 1.54) is 51.4 Å². The van der Waals surface area contributed by atoms with Crippen LogP contribution in [-0.2, 0) is 19.1 Å². The summed E-state index contributed by atoms with van der Waals surface area (Å²) in [6.45, 7) is 17.7. The second-order valence-corrected chi connectivity index (χ2v) is 19.5. The minimum absolute atomic E-state index is 0.0954. The number of rotatable bonds is 6. The van der Waals surface area contributed by atoms with Crippen molar-refractivity contribution in [2.75, 3.05) is 13.1 Å². The predicted molar refractivity (Wildman–Crippen MR) is 178 cm³/mol. The summed E-state index contributed by atoms with van der Waals surface area (Å²) in [5.41, 5.74) is -0.326. The number of aliphatic carboxylic acids is 1. The summed E-state index contributed by atoms with van der Waals surface area (Å²) in [7, 11) is 0. The molecule has 2 bridgehead atoms. The predicted octanol–water partition coefficient (Wildman–Crippen LogP) is 7.22. The van der Waals surface area contributed by atoms with Gasteiger partial charge < -0.3 is 20.1 Å². The molecule has 0 spiro atoms. The Kier molecular flexibility index (Phi) is 7.64. The molecule has 7 fully saturated rings. The van der Waals surface area contributed by atoms with E-state index in [0.29, 0.717) is 41.7 Å². The number of carbonyl (C=O) groups excluding carboxylic acids is 2. The van der Waals surface area contributed by atoms with E-state index >= 15 is 0 Å². The van der Waals surface area contributed by atoms with Gasteiger partial charge in [-0.05, 0) is 130 Å². The molecule has 7 heteroatoms. The third-order valence-electron chi connectivity index (χ3n) is 16.8. The Morgan fingerprint density at radius 3 is 2.30 bits per heavy atom. The Morgan fingerprint density at radius 1 is 0.870 bits per heavy atom. The van der Waals surface area contributed by atoms with Gasteiger partial charge in [-0.15, -0.1) is 0 Å². The van der Waals surface area contributed by atoms with Crippen LogP contribution < -0.4 is 5.32 Å². The highest BCUT2D eigenvalue weighted by molar-refractivity contribution is 5.81. The molecule has 11 atom stereocenters. The maximum atomic E-state index is 13.9. The Hall–Kier alpha value is -1.63. The average molecular weight is 639 g/mol. The zero-order valence-corrected chi connectivity index (χ0v) is 29.9. The number of nitrogens with zero attached hydrogens (tertiary/aromatic N) is 1. The van der Waals surface area contributed by atoms with Crippen molar-refractivity contribution in [1.29, 1.82) is 0 Å². The van der Waals surface area contributed by atoms with Gasteiger partial charge in [-0.1, -0.05) is 41.0 Å². The van der Waals surface area contributed by atoms with Gasteiger partial charge in [0.05, 0.1) is 11.8 Å². The smallest absolute Gasteiger partial charge is 0.309 e. The van der Waals surface area contributed by atoms with Crippen molar-refractivity contribution in [3.63, 3.8) is 0 Å². The summed E-state index contributed by atoms with van der Waals surface area (Å²) in [6.07, 6.45) is 14.8. The molecule has 2 N–H and O–H groups in total. The van der Waals surface area contributed by atoms with Crippen LogP contribution in [0, 0.1) is 56.2 Å². The number of piperazine rings is 1. The number of esters is 1. The highest BCUT2D eigenvalue weighted by Gasteiger charge is 2.70. The molecular formula is C39H62N2O5. The van der Waals surface area contributed by atoms with Crippen LogP contribution in [0.4, 0.5) is 0 Å². The summed E-state index contributed by atoms with van der Waals surface area (Å²) < 4.78 is 6.16. The summed E-state index contributed by atoms with van der Waals surface area (Å²) >= 11 is 0. The van der Waals surface area contributed by atoms with Gasteiger partial charge in [-0.2, -0.15) is 0 Å². The lowest BCUT2D eigenvalue weighted by Crippen LogP contribution is -2.66. The van der Waals surface area contributed by atoms with Gasteiger partial charge in [0.2, 0.25) is 5.91 Å². The molecule has 258 valence electrons. The first kappa shape index (κ1) is 32.9. The number of fused-ring (bicyclic) bond motifs is 9. The van der Waals surface area contributed by atoms with Gasteiger partial charge >= 0.3 is 11.9 Å². The van der Waals surface area contributed by atoms with Gasteiger partial charge in [-0.3, -0.25) is 14.4 Å². The van der Waals surface area contributed by atoms with Gasteiger partial charge in [0, 0.05) is 37.0 Å². The van der Waals surface area contributed by atoms with E-state index < -0.39 is 11.4 Å². The Morgan fingerprint density at radius 2 is 1.63 bits per heavy atom. The lowest BCUT2D eigenvalue weighted by Gasteiger charge is -2.72. The summed E-state index contributed by atoms with van der Waals surface area (Å²) in [4.78, 5) is 40.8. The van der Waals surface area contributed by atoms with Crippen LogP contribution in [0.25, 0.3) is 0 Å². The fraction of sp³-hybridized carbons (Fsp3) is 0.923. The number of carboxylic acid groups (broad SMARTS) is 1. The number of amides is 1. The van der Waals surface area contributed by atoms with Crippen LogP contribution in [0.15, 0.2) is 0 Å². The molecule has 4 unspecified atom stereocenters. The number of carbonyl (C=O) groups is 3. The molecule has 7 nitrogen and oxygen atoms in total. The van der Waals surface area contributed by atoms with Crippen molar-refractivity contribution in [2.45, 2.75) is 157 Å². The minimum atomic E-state index is -1.12. The van der Waals surface area contributed by atoms with Crippen molar-refractivity contribution in [3.8, 4) is 0 Å². The van der Waals surface area contributed by atoms with E-state index in [-0.39, 0.29) is 45.6 Å². The van der Waals surface area contributed by atoms with E-state index in [1.807, 2.05) is 0 Å². The lowest BCUT2D eigenvalue weighted by molar-refractivity contribution is -0.248. The third kappa shape index (κ3) is 4.61. The number of hydrogen-bond acceptors (Lipinski definition) is 5. The molecule has 5 saturated carbocycles. The first-order valence-corrected chi connectivity index (χ1v) is 18.9. The largest absolute Gasteiger partial charge is 0.481 e. The monoisotopic (exact) mass is 638 g/mol. The fourth-order valence-corrected chi connectivity index (χ4v) is 14.1. The third-order valence-corrected chi connectivity index (χ3v) is 16.8. The van der Waals surface area contributed by atoms with Crippen LogP contribution in [0.2, 0.25) is 0 Å². The molecule has 0 radical (unpaired) electrons. The molecule has 2 aliphatic heterocycles.